The molecule has 0 spiro atoms. The van der Waals surface area contributed by atoms with Gasteiger partial charge >= 0.3 is 5.97 Å². The van der Waals surface area contributed by atoms with Crippen LogP contribution in [0.3, 0.4) is 0 Å². The van der Waals surface area contributed by atoms with Gasteiger partial charge in [0.2, 0.25) is 0 Å². The summed E-state index contributed by atoms with van der Waals surface area (Å²) in [5.41, 5.74) is 2.79. The highest BCUT2D eigenvalue weighted by Gasteiger charge is 2.35. The first-order valence-electron chi connectivity index (χ1n) is 15.2. The third kappa shape index (κ3) is 6.31. The summed E-state index contributed by atoms with van der Waals surface area (Å²) in [6.45, 7) is 4.01. The first kappa shape index (κ1) is 33.3. The zero-order chi connectivity index (χ0) is 33.9. The molecule has 0 N–H and O–H groups in total. The molecule has 1 aliphatic heterocycles. The van der Waals surface area contributed by atoms with Crippen molar-refractivity contribution in [3.8, 4) is 23.0 Å². The van der Waals surface area contributed by atoms with E-state index >= 15 is 0 Å². The molecule has 1 aliphatic rings. The van der Waals surface area contributed by atoms with Crippen LogP contribution >= 0.6 is 33.9 Å². The Bertz CT molecular complexity index is 2250. The molecule has 9 nitrogen and oxygen atoms in total. The fourth-order valence-electron chi connectivity index (χ4n) is 5.82. The van der Waals surface area contributed by atoms with Crippen molar-refractivity contribution in [2.45, 2.75) is 26.5 Å². The van der Waals surface area contributed by atoms with Crippen molar-refractivity contribution < 1.29 is 28.5 Å². The lowest BCUT2D eigenvalue weighted by molar-refractivity contribution is -0.139. The summed E-state index contributed by atoms with van der Waals surface area (Å²) in [5, 5.41) is 2.28. The number of carbonyl (C=O) groups is 1. The predicted molar refractivity (Wildman–Crippen MR) is 194 cm³/mol. The van der Waals surface area contributed by atoms with Gasteiger partial charge in [-0.25, -0.2) is 9.79 Å². The number of benzene rings is 4. The van der Waals surface area contributed by atoms with Crippen molar-refractivity contribution >= 4 is 56.7 Å². The van der Waals surface area contributed by atoms with E-state index in [0.29, 0.717) is 50.2 Å². The SMILES string of the molecule is CCOC(=O)C1=C(C)N=c2s/c(=C/c3cc(I)c(OCc4cccc5ccccc45)c(OC)c3)c(=O)n2[C@@H]1c1cc(OC)ccc1OC. The molecule has 0 bridgehead atoms. The molecule has 0 radical (unpaired) electrons. The monoisotopic (exact) mass is 776 g/mol. The quantitative estimate of drug-likeness (QED) is 0.124. The number of hydrogen-bond donors (Lipinski definition) is 0. The van der Waals surface area contributed by atoms with E-state index in [-0.39, 0.29) is 17.7 Å². The van der Waals surface area contributed by atoms with E-state index in [1.807, 2.05) is 30.3 Å². The highest BCUT2D eigenvalue weighted by Crippen LogP contribution is 2.38. The lowest BCUT2D eigenvalue weighted by Gasteiger charge is -2.26. The normalized spacial score (nSPS) is 14.4. The highest BCUT2D eigenvalue weighted by molar-refractivity contribution is 14.1. The zero-order valence-electron chi connectivity index (χ0n) is 27.0. The van der Waals surface area contributed by atoms with Gasteiger partial charge in [-0.3, -0.25) is 9.36 Å². The summed E-state index contributed by atoms with van der Waals surface area (Å²) in [4.78, 5) is 32.7. The molecular formula is C37H33IN2O7S. The smallest absolute Gasteiger partial charge is 0.338 e. The molecule has 0 amide bonds. The van der Waals surface area contributed by atoms with Crippen molar-refractivity contribution in [2.75, 3.05) is 27.9 Å². The van der Waals surface area contributed by atoms with Crippen LogP contribution in [0, 0.1) is 3.57 Å². The van der Waals surface area contributed by atoms with Crippen molar-refractivity contribution in [1.29, 1.82) is 0 Å². The number of allylic oxidation sites excluding steroid dienone is 1. The van der Waals surface area contributed by atoms with Gasteiger partial charge in [0.05, 0.1) is 47.3 Å². The third-order valence-corrected chi connectivity index (χ3v) is 9.83. The topological polar surface area (TPSA) is 97.6 Å². The number of nitrogens with zero attached hydrogens (tertiary/aromatic N) is 2. The van der Waals surface area contributed by atoms with E-state index in [2.05, 4.69) is 51.8 Å². The van der Waals surface area contributed by atoms with E-state index in [9.17, 15) is 9.59 Å². The van der Waals surface area contributed by atoms with Gasteiger partial charge < -0.3 is 23.7 Å². The Morgan fingerprint density at radius 3 is 2.50 bits per heavy atom. The molecule has 11 heteroatoms. The number of methoxy groups -OCH3 is 3. The van der Waals surface area contributed by atoms with Gasteiger partial charge in [-0.1, -0.05) is 53.8 Å². The summed E-state index contributed by atoms with van der Waals surface area (Å²) in [5.74, 6) is 1.65. The Balaban J connectivity index is 1.43. The van der Waals surface area contributed by atoms with Crippen LogP contribution in [0.25, 0.3) is 16.8 Å². The number of ether oxygens (including phenoxy) is 5. The van der Waals surface area contributed by atoms with Crippen molar-refractivity contribution in [3.05, 3.63) is 124 Å². The first-order chi connectivity index (χ1) is 23.3. The van der Waals surface area contributed by atoms with Gasteiger partial charge in [0, 0.05) is 5.56 Å². The van der Waals surface area contributed by atoms with Crippen LogP contribution in [0.4, 0.5) is 0 Å². The van der Waals surface area contributed by atoms with Crippen LogP contribution in [0.15, 0.2) is 93.9 Å². The van der Waals surface area contributed by atoms with E-state index in [4.69, 9.17) is 23.7 Å². The molecule has 0 fully saturated rings. The van der Waals surface area contributed by atoms with Gasteiger partial charge in [-0.15, -0.1) is 0 Å². The predicted octanol–water partition coefficient (Wildman–Crippen LogP) is 6.16. The van der Waals surface area contributed by atoms with Gasteiger partial charge in [-0.2, -0.15) is 0 Å². The molecule has 48 heavy (non-hydrogen) atoms. The zero-order valence-corrected chi connectivity index (χ0v) is 30.0. The van der Waals surface area contributed by atoms with E-state index in [1.54, 1.807) is 59.5 Å². The van der Waals surface area contributed by atoms with Gasteiger partial charge in [-0.05, 0) is 94.7 Å². The second-order valence-corrected chi connectivity index (χ2v) is 13.0. The largest absolute Gasteiger partial charge is 0.497 e. The highest BCUT2D eigenvalue weighted by atomic mass is 127. The first-order valence-corrected chi connectivity index (χ1v) is 17.1. The minimum atomic E-state index is -0.855. The number of halogens is 1. The van der Waals surface area contributed by atoms with Crippen molar-refractivity contribution in [1.82, 2.24) is 4.57 Å². The molecule has 1 atom stereocenters. The summed E-state index contributed by atoms with van der Waals surface area (Å²) in [6, 6.07) is 22.6. The van der Waals surface area contributed by atoms with Gasteiger partial charge in [0.25, 0.3) is 5.56 Å². The molecule has 246 valence electrons. The van der Waals surface area contributed by atoms with Crippen LogP contribution < -0.4 is 33.8 Å². The lowest BCUT2D eigenvalue weighted by atomic mass is 9.94. The van der Waals surface area contributed by atoms with Crippen LogP contribution in [-0.4, -0.2) is 38.5 Å². The molecule has 6 rings (SSSR count). The Hall–Kier alpha value is -4.62. The number of esters is 1. The summed E-state index contributed by atoms with van der Waals surface area (Å²) in [6.07, 6.45) is 1.80. The average Bonchev–Trinajstić information content (AvgIpc) is 3.40. The maximum Gasteiger partial charge on any atom is 0.338 e. The lowest BCUT2D eigenvalue weighted by Crippen LogP contribution is -2.40. The molecule has 0 saturated carbocycles. The Kier molecular flexibility index (Phi) is 9.88. The van der Waals surface area contributed by atoms with E-state index < -0.39 is 12.0 Å². The summed E-state index contributed by atoms with van der Waals surface area (Å²) in [7, 11) is 4.69. The maximum absolute atomic E-state index is 14.2. The van der Waals surface area contributed by atoms with Crippen molar-refractivity contribution in [3.63, 3.8) is 0 Å². The van der Waals surface area contributed by atoms with Crippen LogP contribution in [0.5, 0.6) is 23.0 Å². The van der Waals surface area contributed by atoms with E-state index in [0.717, 1.165) is 25.5 Å². The average molecular weight is 777 g/mol. The maximum atomic E-state index is 14.2. The molecule has 0 aliphatic carbocycles. The molecular weight excluding hydrogens is 743 g/mol. The van der Waals surface area contributed by atoms with E-state index in [1.165, 1.54) is 15.9 Å². The third-order valence-electron chi connectivity index (χ3n) is 8.05. The van der Waals surface area contributed by atoms with Crippen LogP contribution in [0.2, 0.25) is 0 Å². The van der Waals surface area contributed by atoms with Gasteiger partial charge in [0.1, 0.15) is 24.1 Å². The van der Waals surface area contributed by atoms with Crippen molar-refractivity contribution in [2.24, 2.45) is 4.99 Å². The minimum Gasteiger partial charge on any atom is -0.497 e. The molecule has 1 aromatic heterocycles. The second kappa shape index (κ2) is 14.2. The Morgan fingerprint density at radius 1 is 0.979 bits per heavy atom. The fraction of sp³-hybridized carbons (Fsp3) is 0.216. The summed E-state index contributed by atoms with van der Waals surface area (Å²) < 4.78 is 31.5. The Morgan fingerprint density at radius 2 is 1.75 bits per heavy atom. The standard InChI is InChI=1S/C37H33IN2O7S/c1-6-46-36(42)32-21(2)39-37-40(33(32)27-19-25(43-3)14-15-29(27)44-4)35(41)31(48-37)18-22-16-28(38)34(30(17-22)45-5)47-20-24-12-9-11-23-10-7-8-13-26(23)24/h7-19,33H,6,20H2,1-5H3/b31-18+/t33-/m1/s1. The fourth-order valence-corrected chi connectivity index (χ4v) is 7.65. The molecule has 0 unspecified atom stereocenters. The number of fused-ring (bicyclic) bond motifs is 2. The molecule has 4 aromatic carbocycles. The number of hydrogen-bond acceptors (Lipinski definition) is 9. The number of aromatic nitrogens is 1. The molecule has 5 aromatic rings. The number of thiazole rings is 1. The van der Waals surface area contributed by atoms with Crippen LogP contribution in [-0.2, 0) is 16.1 Å². The molecule has 2 heterocycles. The Labute approximate surface area is 294 Å². The number of rotatable bonds is 10. The second-order valence-electron chi connectivity index (χ2n) is 10.9. The minimum absolute atomic E-state index is 0.171. The van der Waals surface area contributed by atoms with Crippen LogP contribution in [0.1, 0.15) is 36.6 Å². The van der Waals surface area contributed by atoms with Gasteiger partial charge in [0.15, 0.2) is 16.3 Å². The summed E-state index contributed by atoms with van der Waals surface area (Å²) >= 11 is 3.46. The number of carbonyl (C=O) groups excluding carboxylic acids is 1. The molecule has 0 saturated heterocycles.